The van der Waals surface area contributed by atoms with Crippen LogP contribution >= 0.6 is 11.3 Å². The molecule has 1 aromatic carbocycles. The van der Waals surface area contributed by atoms with Gasteiger partial charge in [0.25, 0.3) is 0 Å². The molecule has 0 spiro atoms. The molecule has 1 fully saturated rings. The van der Waals surface area contributed by atoms with E-state index in [1.807, 2.05) is 6.07 Å². The van der Waals surface area contributed by atoms with Crippen LogP contribution in [-0.2, 0) is 6.54 Å². The first-order chi connectivity index (χ1) is 11.3. The van der Waals surface area contributed by atoms with E-state index in [0.29, 0.717) is 6.54 Å². The number of hydrogen-bond acceptors (Lipinski definition) is 3. The molecule has 4 nitrogen and oxygen atoms in total. The topological polar surface area (TPSA) is 40.5 Å². The van der Waals surface area contributed by atoms with Crippen LogP contribution in [0.25, 0.3) is 10.6 Å². The van der Waals surface area contributed by atoms with Crippen molar-refractivity contribution in [3.05, 3.63) is 40.9 Å². The van der Waals surface area contributed by atoms with Gasteiger partial charge in [-0.15, -0.1) is 11.3 Å². The van der Waals surface area contributed by atoms with Crippen LogP contribution in [0.5, 0.6) is 0 Å². The average Bonchev–Trinajstić information content (AvgIpc) is 3.22. The van der Waals surface area contributed by atoms with Gasteiger partial charge in [0, 0.05) is 30.1 Å². The number of benzene rings is 1. The van der Waals surface area contributed by atoms with E-state index in [-0.39, 0.29) is 0 Å². The minimum atomic E-state index is 0.704. The zero-order valence-electron chi connectivity index (χ0n) is 13.9. The minimum Gasteiger partial charge on any atom is -0.357 e. The van der Waals surface area contributed by atoms with E-state index in [0.717, 1.165) is 36.3 Å². The van der Waals surface area contributed by atoms with E-state index in [4.69, 9.17) is 9.98 Å². The fraction of sp³-hybridized carbons (Fsp3) is 0.444. The Bertz CT molecular complexity index is 657. The molecule has 1 N–H and O–H groups in total. The first-order valence-electron chi connectivity index (χ1n) is 8.33. The standard InChI is InChI=1S/C18H24N4S/c1-3-19-18(22-11-7-8-12-22)20-13-16-14(2)21-17(23-16)15-9-5-4-6-10-15/h4-6,9-10H,3,7-8,11-13H2,1-2H3,(H,19,20). The van der Waals surface area contributed by atoms with Gasteiger partial charge in [-0.2, -0.15) is 0 Å². The summed E-state index contributed by atoms with van der Waals surface area (Å²) in [5, 5.41) is 4.50. The highest BCUT2D eigenvalue weighted by Gasteiger charge is 2.16. The lowest BCUT2D eigenvalue weighted by Gasteiger charge is -2.20. The molecule has 0 atom stereocenters. The molecule has 23 heavy (non-hydrogen) atoms. The Balaban J connectivity index is 1.76. The molecule has 122 valence electrons. The predicted octanol–water partition coefficient (Wildman–Crippen LogP) is 3.68. The largest absolute Gasteiger partial charge is 0.357 e. The van der Waals surface area contributed by atoms with Crippen molar-refractivity contribution in [3.63, 3.8) is 0 Å². The first kappa shape index (κ1) is 16.0. The highest BCUT2D eigenvalue weighted by molar-refractivity contribution is 7.15. The van der Waals surface area contributed by atoms with Crippen LogP contribution in [0.4, 0.5) is 0 Å². The molecule has 1 aliphatic heterocycles. The zero-order valence-corrected chi connectivity index (χ0v) is 14.7. The zero-order chi connectivity index (χ0) is 16.1. The van der Waals surface area contributed by atoms with E-state index < -0.39 is 0 Å². The number of guanidine groups is 1. The van der Waals surface area contributed by atoms with Gasteiger partial charge in [-0.25, -0.2) is 9.98 Å². The molecule has 2 aromatic rings. The van der Waals surface area contributed by atoms with Crippen molar-refractivity contribution in [1.82, 2.24) is 15.2 Å². The lowest BCUT2D eigenvalue weighted by molar-refractivity contribution is 0.494. The molecule has 0 amide bonds. The number of hydrogen-bond donors (Lipinski definition) is 1. The van der Waals surface area contributed by atoms with E-state index in [2.05, 4.69) is 48.3 Å². The van der Waals surface area contributed by atoms with Crippen LogP contribution in [0.1, 0.15) is 30.3 Å². The Hall–Kier alpha value is -1.88. The highest BCUT2D eigenvalue weighted by Crippen LogP contribution is 2.28. The lowest BCUT2D eigenvalue weighted by atomic mass is 10.2. The van der Waals surface area contributed by atoms with Crippen LogP contribution in [-0.4, -0.2) is 35.5 Å². The third-order valence-corrected chi connectivity index (χ3v) is 5.22. The second kappa shape index (κ2) is 7.59. The van der Waals surface area contributed by atoms with Crippen molar-refractivity contribution in [1.29, 1.82) is 0 Å². The van der Waals surface area contributed by atoms with Gasteiger partial charge in [0.1, 0.15) is 5.01 Å². The molecular weight excluding hydrogens is 304 g/mol. The lowest BCUT2D eigenvalue weighted by Crippen LogP contribution is -2.39. The van der Waals surface area contributed by atoms with Gasteiger partial charge in [0.2, 0.25) is 0 Å². The molecule has 2 heterocycles. The normalized spacial score (nSPS) is 15.2. The molecule has 0 bridgehead atoms. The maximum absolute atomic E-state index is 4.84. The van der Waals surface area contributed by atoms with Crippen molar-refractivity contribution >= 4 is 17.3 Å². The molecular formula is C18H24N4S. The summed E-state index contributed by atoms with van der Waals surface area (Å²) in [7, 11) is 0. The van der Waals surface area contributed by atoms with Crippen molar-refractivity contribution in [2.24, 2.45) is 4.99 Å². The van der Waals surface area contributed by atoms with E-state index >= 15 is 0 Å². The van der Waals surface area contributed by atoms with E-state index in [1.165, 1.54) is 23.3 Å². The highest BCUT2D eigenvalue weighted by atomic mass is 32.1. The Morgan fingerprint density at radius 1 is 1.26 bits per heavy atom. The van der Waals surface area contributed by atoms with Crippen LogP contribution in [0.15, 0.2) is 35.3 Å². The summed E-state index contributed by atoms with van der Waals surface area (Å²) in [6.07, 6.45) is 2.53. The molecule has 0 aliphatic carbocycles. The molecule has 1 aliphatic rings. The monoisotopic (exact) mass is 328 g/mol. The number of aromatic nitrogens is 1. The summed E-state index contributed by atoms with van der Waals surface area (Å²) >= 11 is 1.75. The minimum absolute atomic E-state index is 0.704. The first-order valence-corrected chi connectivity index (χ1v) is 9.14. The maximum atomic E-state index is 4.84. The average molecular weight is 328 g/mol. The quantitative estimate of drug-likeness (QED) is 0.687. The third-order valence-electron chi connectivity index (χ3n) is 4.03. The summed E-state index contributed by atoms with van der Waals surface area (Å²) in [6, 6.07) is 10.4. The molecule has 0 radical (unpaired) electrons. The van der Waals surface area contributed by atoms with Crippen LogP contribution in [0, 0.1) is 6.92 Å². The SMILES string of the molecule is CCNC(=NCc1sc(-c2ccccc2)nc1C)N1CCCC1. The van der Waals surface area contributed by atoms with Crippen LogP contribution in [0.3, 0.4) is 0 Å². The number of nitrogens with zero attached hydrogens (tertiary/aromatic N) is 3. The third kappa shape index (κ3) is 3.91. The molecule has 5 heteroatoms. The summed E-state index contributed by atoms with van der Waals surface area (Å²) < 4.78 is 0. The summed E-state index contributed by atoms with van der Waals surface area (Å²) in [5.41, 5.74) is 2.28. The van der Waals surface area contributed by atoms with Crippen molar-refractivity contribution in [2.75, 3.05) is 19.6 Å². The van der Waals surface area contributed by atoms with Gasteiger partial charge in [0.15, 0.2) is 5.96 Å². The Kier molecular flexibility index (Phi) is 5.28. The van der Waals surface area contributed by atoms with Crippen LogP contribution in [0.2, 0.25) is 0 Å². The van der Waals surface area contributed by atoms with Crippen molar-refractivity contribution < 1.29 is 0 Å². The molecule has 0 unspecified atom stereocenters. The van der Waals surface area contributed by atoms with E-state index in [9.17, 15) is 0 Å². The molecule has 1 saturated heterocycles. The smallest absolute Gasteiger partial charge is 0.194 e. The van der Waals surface area contributed by atoms with Gasteiger partial charge >= 0.3 is 0 Å². The van der Waals surface area contributed by atoms with Gasteiger partial charge < -0.3 is 10.2 Å². The molecule has 1 aromatic heterocycles. The number of aliphatic imine (C=N–C) groups is 1. The van der Waals surface area contributed by atoms with Gasteiger partial charge in [0.05, 0.1) is 12.2 Å². The molecule has 3 rings (SSSR count). The Morgan fingerprint density at radius 3 is 2.70 bits per heavy atom. The van der Waals surface area contributed by atoms with Gasteiger partial charge in [-0.05, 0) is 26.7 Å². The predicted molar refractivity (Wildman–Crippen MR) is 97.9 cm³/mol. The molecule has 0 saturated carbocycles. The second-order valence-corrected chi connectivity index (χ2v) is 6.84. The fourth-order valence-corrected chi connectivity index (χ4v) is 3.77. The maximum Gasteiger partial charge on any atom is 0.194 e. The van der Waals surface area contributed by atoms with Crippen molar-refractivity contribution in [2.45, 2.75) is 33.2 Å². The summed E-state index contributed by atoms with van der Waals surface area (Å²) in [5.74, 6) is 1.04. The second-order valence-electron chi connectivity index (χ2n) is 5.76. The Labute approximate surface area is 142 Å². The fourth-order valence-electron chi connectivity index (χ4n) is 2.78. The number of aryl methyl sites for hydroxylation is 1. The number of nitrogens with one attached hydrogen (secondary N) is 1. The van der Waals surface area contributed by atoms with Crippen molar-refractivity contribution in [3.8, 4) is 10.6 Å². The summed E-state index contributed by atoms with van der Waals surface area (Å²) in [4.78, 5) is 13.2. The number of rotatable bonds is 4. The van der Waals surface area contributed by atoms with Gasteiger partial charge in [-0.1, -0.05) is 30.3 Å². The number of thiazole rings is 1. The van der Waals surface area contributed by atoms with Gasteiger partial charge in [-0.3, -0.25) is 0 Å². The summed E-state index contributed by atoms with van der Waals surface area (Å²) in [6.45, 7) is 8.04. The van der Waals surface area contributed by atoms with E-state index in [1.54, 1.807) is 11.3 Å². The Morgan fingerprint density at radius 2 is 2.00 bits per heavy atom. The number of likely N-dealkylation sites (tertiary alicyclic amines) is 1. The van der Waals surface area contributed by atoms with Crippen LogP contribution < -0.4 is 5.32 Å².